The number of rotatable bonds is 6. The molecule has 532 valence electrons. The van der Waals surface area contributed by atoms with Crippen molar-refractivity contribution in [3.8, 4) is 0 Å². The number of nitrogens with zero attached hydrogens (tertiary/aromatic N) is 8. The van der Waals surface area contributed by atoms with Gasteiger partial charge >= 0.3 is 379 Å². The topological polar surface area (TPSA) is 363 Å². The number of nitrogens with one attached hydrogen (secondary N) is 3. The molecule has 0 saturated heterocycles. The number of fused-ring (bicyclic) bond motifs is 3. The van der Waals surface area contributed by atoms with E-state index in [0.717, 1.165) is 75.9 Å². The van der Waals surface area contributed by atoms with Gasteiger partial charge in [-0.15, -0.1) is 0 Å². The van der Waals surface area contributed by atoms with Crippen LogP contribution in [0, 0.1) is 33.4 Å². The number of nitrogen functional groups attached to an aromatic ring is 1. The number of alkyl halides is 6. The number of halogens is 10. The van der Waals surface area contributed by atoms with Crippen molar-refractivity contribution in [3.63, 3.8) is 0 Å². The maximum absolute atomic E-state index is 14.9. The average Bonchev–Trinajstić information content (AvgIpc) is 1.60. The molecule has 3 fully saturated rings. The van der Waals surface area contributed by atoms with Crippen LogP contribution >= 0.6 is 0 Å². The van der Waals surface area contributed by atoms with Crippen LogP contribution in [0.15, 0.2) is 87.9 Å². The Labute approximate surface area is 879 Å². The predicted octanol–water partition coefficient (Wildman–Crippen LogP) is 1.58. The maximum atomic E-state index is 14.9. The van der Waals surface area contributed by atoms with Crippen molar-refractivity contribution in [3.05, 3.63) is 129 Å². The molecule has 3 saturated carbocycles. The van der Waals surface area contributed by atoms with Crippen molar-refractivity contribution in [1.29, 1.82) is 0 Å². The molecule has 3 aromatic carbocycles. The zero-order valence-electron chi connectivity index (χ0n) is 62.9. The Bertz CT molecular complexity index is 4280. The van der Waals surface area contributed by atoms with Crippen LogP contribution < -0.4 is 78.8 Å². The van der Waals surface area contributed by atoms with Crippen LogP contribution in [0.1, 0.15) is 116 Å². The van der Waals surface area contributed by atoms with Gasteiger partial charge in [0.25, 0.3) is 29.4 Å². The molecule has 3 aliphatic heterocycles. The molecule has 6 unspecified atom stereocenters. The number of nitrogens with two attached hydrogens (primary N) is 2. The van der Waals surface area contributed by atoms with E-state index in [4.69, 9.17) is 20.9 Å². The number of aromatic nitrogens is 1. The normalized spacial score (nSPS) is 23.7. The number of aliphatic imine (C=N–C) groups is 3. The SMILES string of the molecule is C.CN1C(N)=NC2(c3cc(NC(=O)c4ccc(F)cn4)ccc3F)CC(F)(F)CC2S1(=O)=O.CN1C(NC(=O)OC(C)(C)C)=NC2(c3cc(N)ccc3F)CC(F)(F)CC2S1(=O)=O.CN1C(NC(=O)OC(C)(C)C)=NC2(c3cc([N+](=O)[O-])ccc3F)CC(F)(F)CC2S1(=O)=O.[H-].[K+].[K][K].[K][K].[K][K].[K][K].[K][K]. The minimum atomic E-state index is -4.59. The number of benzene rings is 3. The number of hydrogen-bond donors (Lipinski definition) is 5. The standard InChI is InChI=1S/C19H17F4N5O3S.C18H21F3N4O6S.C18H23F3N4O4S.CH4.11K.H/c1-28-17(24)27-19(9-18(22,23)7-15(19)32(28,30)31)12-6-11(3-4-13(12)21)26-16(29)14-5-2-10(20)8-25-14;1-16(2,3)31-15(26)22-14-23-18(11-7-10(25(27)28)5-6-12(11)19)9-17(20,21)8-13(18)32(29,30)24(14)4;1-16(2,3)29-15(26)23-14-24-18(11-7-10(22)5-6-12(11)19)9-17(20,21)8-13(18)30(27,28)25(14)4;;;;;;;;;;;;;/h2-6,8,15H,7,9H2,1H3,(H2,24,27)(H,26,29);5-7,13H,8-9H2,1-4H3,(H,22,23,26);5-7,13H,8-9,22H2,1-4H3,(H,23,24,26);1H4;;;;;;;;;;;;/q;;;;;;;;;;;;;;+1;-1. The summed E-state index contributed by atoms with van der Waals surface area (Å²) >= 11 is 12.5. The Morgan fingerprint density at radius 3 is 1.27 bits per heavy atom. The van der Waals surface area contributed by atoms with Gasteiger partial charge in [-0.3, -0.25) is 25.5 Å². The summed E-state index contributed by atoms with van der Waals surface area (Å²) < 4.78 is 234. The summed E-state index contributed by atoms with van der Waals surface area (Å²) in [5.74, 6) is -16.7. The minimum absolute atomic E-state index is 0. The molecular formula is C56H66F10K11N13O13S3. The molecule has 6 atom stereocenters. The van der Waals surface area contributed by atoms with Crippen LogP contribution in [0.5, 0.6) is 0 Å². The third kappa shape index (κ3) is 29.5. The van der Waals surface area contributed by atoms with Crippen LogP contribution in [0.4, 0.5) is 70.6 Å². The Morgan fingerprint density at radius 2 is 0.906 bits per heavy atom. The van der Waals surface area contributed by atoms with Gasteiger partial charge in [0.2, 0.25) is 47.9 Å². The molecule has 26 nitrogen and oxygen atoms in total. The first-order chi connectivity index (χ1) is 47.9. The van der Waals surface area contributed by atoms with E-state index in [1.165, 1.54) is 322 Å². The number of amides is 3. The Kier molecular flexibility index (Phi) is 51.7. The van der Waals surface area contributed by atoms with Crippen LogP contribution in [0.3, 0.4) is 0 Å². The summed E-state index contributed by atoms with van der Waals surface area (Å²) in [5, 5.41) is 12.5. The molecule has 3 aliphatic carbocycles. The van der Waals surface area contributed by atoms with Gasteiger partial charge in [0, 0.05) is 99.9 Å². The molecule has 106 heavy (non-hydrogen) atoms. The molecule has 10 rings (SSSR count). The number of pyridine rings is 1. The van der Waals surface area contributed by atoms with Crippen molar-refractivity contribution in [1.82, 2.24) is 28.5 Å². The number of anilines is 2. The number of guanidine groups is 3. The van der Waals surface area contributed by atoms with Crippen molar-refractivity contribution >= 4 is 399 Å². The summed E-state index contributed by atoms with van der Waals surface area (Å²) in [5.41, 5.74) is 0.553. The first-order valence-corrected chi connectivity index (χ1v) is 117. The fourth-order valence-electron chi connectivity index (χ4n) is 11.7. The summed E-state index contributed by atoms with van der Waals surface area (Å²) in [4.78, 5) is 63.0. The van der Waals surface area contributed by atoms with Gasteiger partial charge in [0.05, 0.1) is 11.1 Å². The fraction of sp³-hybridized carbons (Fsp3) is 0.482. The number of nitro benzene ring substituents is 1. The molecule has 0 bridgehead atoms. The van der Waals surface area contributed by atoms with Gasteiger partial charge < -0.3 is 27.7 Å². The fourth-order valence-corrected chi connectivity index (χ4v) is 17.4. The third-order valence-electron chi connectivity index (χ3n) is 15.7. The monoisotopic (exact) mass is 1840 g/mol. The zero-order valence-corrected chi connectivity index (χ0v) is 98.8. The Hall–Kier alpha value is 9.38. The van der Waals surface area contributed by atoms with Crippen LogP contribution in [0.2, 0.25) is 0 Å². The first-order valence-electron chi connectivity index (χ1n) is 32.8. The van der Waals surface area contributed by atoms with E-state index in [-0.39, 0.29) is 82.9 Å². The molecule has 1 aromatic heterocycles. The molecule has 3 amide bonds. The van der Waals surface area contributed by atoms with Crippen LogP contribution in [0.25, 0.3) is 0 Å². The van der Waals surface area contributed by atoms with E-state index in [9.17, 15) is 93.7 Å². The third-order valence-corrected chi connectivity index (χ3v) is 22.3. The molecule has 4 heterocycles. The predicted molar refractivity (Wildman–Crippen MR) is 382 cm³/mol. The molecule has 4 aromatic rings. The molecule has 50 heteroatoms. The van der Waals surface area contributed by atoms with Gasteiger partial charge in [0.15, 0.2) is 0 Å². The Morgan fingerprint density at radius 1 is 0.557 bits per heavy atom. The molecular weight excluding hydrogens is 1780 g/mol. The van der Waals surface area contributed by atoms with Crippen LogP contribution in [-0.2, 0) is 56.2 Å². The number of carbonyl (C=O) groups is 3. The number of ether oxygens (including phenoxy) is 2. The van der Waals surface area contributed by atoms with Gasteiger partial charge in [-0.05, 0) is 96.1 Å². The Balaban J connectivity index is 0.00000147. The van der Waals surface area contributed by atoms with Crippen molar-refractivity contribution in [2.75, 3.05) is 32.2 Å². The van der Waals surface area contributed by atoms with E-state index >= 15 is 0 Å². The molecule has 6 aliphatic rings. The van der Waals surface area contributed by atoms with E-state index in [1.54, 1.807) is 41.5 Å². The van der Waals surface area contributed by atoms with Gasteiger partial charge in [-0.25, -0.2) is 112 Å². The van der Waals surface area contributed by atoms with E-state index < -0.39 is 211 Å². The number of alkyl carbamates (subject to hydrolysis) is 2. The molecule has 0 radical (unpaired) electrons. The molecule has 7 N–H and O–H groups in total. The van der Waals surface area contributed by atoms with Gasteiger partial charge in [-0.2, -0.15) is 0 Å². The van der Waals surface area contributed by atoms with Crippen molar-refractivity contribution < 1.29 is 151 Å². The first kappa shape index (κ1) is 113. The van der Waals surface area contributed by atoms with E-state index in [1.807, 2.05) is 0 Å². The second-order valence-corrected chi connectivity index (χ2v) is 31.2. The summed E-state index contributed by atoms with van der Waals surface area (Å²) in [6, 6.07) is 10.7. The van der Waals surface area contributed by atoms with E-state index in [0.29, 0.717) is 25.0 Å². The number of nitro groups is 1. The quantitative estimate of drug-likeness (QED) is 0.0601. The second kappa shape index (κ2) is 48.4. The number of non-ortho nitro benzene ring substituents is 1. The molecule has 0 spiro atoms. The van der Waals surface area contributed by atoms with Crippen molar-refractivity contribution in [2.45, 2.75) is 149 Å². The van der Waals surface area contributed by atoms with Crippen molar-refractivity contribution in [2.24, 2.45) is 20.7 Å². The number of sulfonamides is 3. The zero-order chi connectivity index (χ0) is 80.4. The van der Waals surface area contributed by atoms with E-state index in [2.05, 4.69) is 35.9 Å². The van der Waals surface area contributed by atoms with Gasteiger partial charge in [-0.1, -0.05) is 7.43 Å². The van der Waals surface area contributed by atoms with Gasteiger partial charge in [0.1, 0.15) is 72.5 Å². The summed E-state index contributed by atoms with van der Waals surface area (Å²) in [6.07, 6.45) is -7.96. The number of carbonyl (C=O) groups excluding carboxylic acids is 3. The van der Waals surface area contributed by atoms with Crippen LogP contribution in [-0.4, -0.2) is 466 Å². The average molecular weight is 1850 g/mol. The summed E-state index contributed by atoms with van der Waals surface area (Å²) in [6.45, 7) is 9.41. The second-order valence-electron chi connectivity index (χ2n) is 24.8. The summed E-state index contributed by atoms with van der Waals surface area (Å²) in [7, 11) is -10.2. The number of hydrogen-bond acceptors (Lipinski definition) is 19.